The van der Waals surface area contributed by atoms with Crippen molar-refractivity contribution in [3.63, 3.8) is 0 Å². The number of hydrogen-bond donors (Lipinski definition) is 2. The molecule has 7 nitrogen and oxygen atoms in total. The van der Waals surface area contributed by atoms with Gasteiger partial charge in [-0.05, 0) is 18.1 Å². The third kappa shape index (κ3) is 6.60. The molecule has 2 aromatic rings. The first-order valence-electron chi connectivity index (χ1n) is 5.92. The SMILES string of the molecule is O=C1N[C@@H](Cc2c[nH]c3ccccc23)CO1.[C-]#[O+].[C-]#[O+].[C-]#[O+].[Cr]. The summed E-state index contributed by atoms with van der Waals surface area (Å²) in [5.74, 6) is 0. The van der Waals surface area contributed by atoms with Crippen LogP contribution in [-0.4, -0.2) is 23.7 Å². The number of aromatic nitrogens is 1. The predicted molar refractivity (Wildman–Crippen MR) is 72.1 cm³/mol. The Hall–Kier alpha value is -2.22. The number of nitrogens with one attached hydrogen (secondary N) is 2. The molecule has 1 fully saturated rings. The molecule has 2 N–H and O–H groups in total. The van der Waals surface area contributed by atoms with Crippen LogP contribution >= 0.6 is 0 Å². The maximum Gasteiger partial charge on any atom is 0 e. The number of rotatable bonds is 2. The first kappa shape index (κ1) is 23.1. The normalized spacial score (nSPS) is 14.0. The van der Waals surface area contributed by atoms with Crippen molar-refractivity contribution in [2.45, 2.75) is 12.5 Å². The number of benzene rings is 1. The molecule has 2 heterocycles. The molecule has 3 rings (SSSR count). The van der Waals surface area contributed by atoms with Gasteiger partial charge in [-0.3, -0.25) is 0 Å². The van der Waals surface area contributed by atoms with Crippen LogP contribution in [-0.2, 0) is 42.5 Å². The quantitative estimate of drug-likeness (QED) is 0.633. The standard InChI is InChI=1S/C12H12N2O2.3CO.Cr/c15-12-14-9(7-16-12)5-8-6-13-11-4-2-1-3-10(8)11;3*1-2;/h1-4,6,9,13H,5,7H2,(H,14,15);;;;/t9-;;;;/m0..../s1. The number of hydrogen-bond acceptors (Lipinski definition) is 2. The maximum absolute atomic E-state index is 10.9. The van der Waals surface area contributed by atoms with Crippen molar-refractivity contribution in [2.24, 2.45) is 0 Å². The smallest absolute Gasteiger partial charge is 0 e. The molecule has 0 spiro atoms. The first-order chi connectivity index (χ1) is 10.8. The molecule has 8 heteroatoms. The van der Waals surface area contributed by atoms with Gasteiger partial charge in [0.1, 0.15) is 6.61 Å². The van der Waals surface area contributed by atoms with E-state index in [4.69, 9.17) is 18.7 Å². The van der Waals surface area contributed by atoms with Crippen molar-refractivity contribution >= 4 is 17.0 Å². The number of cyclic esters (lactones) is 1. The summed E-state index contributed by atoms with van der Waals surface area (Å²) < 4.78 is 27.4. The average molecular weight is 352 g/mol. The first-order valence-corrected chi connectivity index (χ1v) is 5.92. The second kappa shape index (κ2) is 13.4. The number of ether oxygens (including phenoxy) is 1. The molecule has 0 bridgehead atoms. The molecule has 1 aliphatic rings. The van der Waals surface area contributed by atoms with Gasteiger partial charge in [0.25, 0.3) is 0 Å². The van der Waals surface area contributed by atoms with Crippen molar-refractivity contribution in [1.82, 2.24) is 10.3 Å². The second-order valence-electron chi connectivity index (χ2n) is 4.00. The van der Waals surface area contributed by atoms with Crippen LogP contribution in [0.4, 0.5) is 4.79 Å². The van der Waals surface area contributed by atoms with Crippen LogP contribution in [0.1, 0.15) is 5.56 Å². The van der Waals surface area contributed by atoms with Gasteiger partial charge in [0.2, 0.25) is 0 Å². The zero-order chi connectivity index (χ0) is 17.0. The summed E-state index contributed by atoms with van der Waals surface area (Å²) in [6.07, 6.45) is 2.48. The van der Waals surface area contributed by atoms with Gasteiger partial charge in [0.05, 0.1) is 6.04 Å². The molecule has 1 saturated heterocycles. The van der Waals surface area contributed by atoms with Crippen LogP contribution in [0.5, 0.6) is 0 Å². The Morgan fingerprint density at radius 2 is 1.74 bits per heavy atom. The van der Waals surface area contributed by atoms with E-state index in [1.54, 1.807) is 0 Å². The van der Waals surface area contributed by atoms with Gasteiger partial charge in [-0.15, -0.1) is 0 Å². The van der Waals surface area contributed by atoms with Crippen molar-refractivity contribution < 1.29 is 40.8 Å². The third-order valence-electron chi connectivity index (χ3n) is 2.88. The van der Waals surface area contributed by atoms with Crippen molar-refractivity contribution in [3.05, 3.63) is 56.0 Å². The topological polar surface area (TPSA) is 114 Å². The van der Waals surface area contributed by atoms with Gasteiger partial charge >= 0.3 is 40.0 Å². The summed E-state index contributed by atoms with van der Waals surface area (Å²) >= 11 is 0. The number of alkyl carbamates (subject to hydrolysis) is 1. The van der Waals surface area contributed by atoms with E-state index in [1.165, 1.54) is 10.9 Å². The van der Waals surface area contributed by atoms with Gasteiger partial charge in [-0.2, -0.15) is 0 Å². The monoisotopic (exact) mass is 352 g/mol. The molecule has 1 aliphatic heterocycles. The number of para-hydroxylation sites is 1. The number of amides is 1. The van der Waals surface area contributed by atoms with Crippen LogP contribution in [0.3, 0.4) is 0 Å². The van der Waals surface area contributed by atoms with Crippen LogP contribution in [0.15, 0.2) is 30.5 Å². The summed E-state index contributed by atoms with van der Waals surface area (Å²) in [6.45, 7) is 14.0. The molecule has 1 amide bonds. The van der Waals surface area contributed by atoms with E-state index in [0.29, 0.717) is 6.61 Å². The van der Waals surface area contributed by atoms with E-state index in [-0.39, 0.29) is 29.5 Å². The minimum atomic E-state index is -0.315. The van der Waals surface area contributed by atoms with Crippen molar-refractivity contribution in [3.8, 4) is 0 Å². The fraction of sp³-hybridized carbons (Fsp3) is 0.200. The zero-order valence-corrected chi connectivity index (χ0v) is 13.1. The Bertz CT molecular complexity index is 648. The molecule has 0 unspecified atom stereocenters. The molecule has 1 atom stereocenters. The summed E-state index contributed by atoms with van der Waals surface area (Å²) in [5, 5.41) is 3.99. The number of fused-ring (bicyclic) bond motifs is 1. The fourth-order valence-electron chi connectivity index (χ4n) is 2.10. The summed E-state index contributed by atoms with van der Waals surface area (Å²) in [7, 11) is 0. The van der Waals surface area contributed by atoms with E-state index >= 15 is 0 Å². The van der Waals surface area contributed by atoms with Gasteiger partial charge in [0.15, 0.2) is 0 Å². The van der Waals surface area contributed by atoms with Crippen LogP contribution in [0.25, 0.3) is 10.9 Å². The minimum Gasteiger partial charge on any atom is 0 e. The third-order valence-corrected chi connectivity index (χ3v) is 2.88. The van der Waals surface area contributed by atoms with Gasteiger partial charge in [-0.25, -0.2) is 4.79 Å². The van der Waals surface area contributed by atoms with Crippen molar-refractivity contribution in [2.75, 3.05) is 6.61 Å². The van der Waals surface area contributed by atoms with Crippen LogP contribution in [0.2, 0.25) is 0 Å². The Kier molecular flexibility index (Phi) is 13.5. The Morgan fingerprint density at radius 1 is 1.13 bits per heavy atom. The number of carbonyl (C=O) groups excluding carboxylic acids is 1. The number of aromatic amines is 1. The Labute approximate surface area is 143 Å². The summed E-state index contributed by atoms with van der Waals surface area (Å²) in [4.78, 5) is 14.1. The predicted octanol–water partition coefficient (Wildman–Crippen LogP) is 1.70. The van der Waals surface area contributed by atoms with Gasteiger partial charge in [0, 0.05) is 34.5 Å². The molecule has 0 radical (unpaired) electrons. The number of H-pyrrole nitrogens is 1. The minimum absolute atomic E-state index is 0. The molecular weight excluding hydrogens is 340 g/mol. The van der Waals surface area contributed by atoms with Crippen molar-refractivity contribution in [1.29, 1.82) is 0 Å². The fourth-order valence-corrected chi connectivity index (χ4v) is 2.10. The van der Waals surface area contributed by atoms with Crippen LogP contribution < -0.4 is 5.32 Å². The Morgan fingerprint density at radius 3 is 2.30 bits per heavy atom. The average Bonchev–Trinajstić information content (AvgIpc) is 3.20. The molecule has 118 valence electrons. The van der Waals surface area contributed by atoms with Crippen LogP contribution in [0, 0.1) is 20.0 Å². The Balaban J connectivity index is 0. The van der Waals surface area contributed by atoms with E-state index in [2.05, 4.69) is 36.3 Å². The number of carbonyl (C=O) groups is 1. The molecular formula is C15H12CrN2O5. The largest absolute Gasteiger partial charge is 0 e. The molecule has 1 aromatic carbocycles. The van der Waals surface area contributed by atoms with E-state index < -0.39 is 0 Å². The summed E-state index contributed by atoms with van der Waals surface area (Å²) in [6, 6.07) is 8.24. The molecule has 1 aromatic heterocycles. The van der Waals surface area contributed by atoms with E-state index in [0.717, 1.165) is 11.9 Å². The molecule has 23 heavy (non-hydrogen) atoms. The molecule has 0 aliphatic carbocycles. The molecule has 0 saturated carbocycles. The van der Waals surface area contributed by atoms with Gasteiger partial charge in [-0.1, -0.05) is 18.2 Å². The maximum atomic E-state index is 10.9. The van der Waals surface area contributed by atoms with E-state index in [9.17, 15) is 4.79 Å². The van der Waals surface area contributed by atoms with E-state index in [1.807, 2.05) is 24.4 Å². The van der Waals surface area contributed by atoms with Gasteiger partial charge < -0.3 is 15.0 Å². The second-order valence-corrected chi connectivity index (χ2v) is 4.00. The summed E-state index contributed by atoms with van der Waals surface area (Å²) in [5.41, 5.74) is 2.34. The zero-order valence-electron chi connectivity index (χ0n) is 11.8.